The van der Waals surface area contributed by atoms with Crippen LogP contribution in [0.2, 0.25) is 0 Å². The molecule has 1 fully saturated rings. The number of aliphatic hydroxyl groups is 1. The molecule has 2 aromatic rings. The Bertz CT molecular complexity index is 598. The van der Waals surface area contributed by atoms with Gasteiger partial charge in [0.05, 0.1) is 12.4 Å². The lowest BCUT2D eigenvalue weighted by Gasteiger charge is -2.25. The number of rotatable bonds is 3. The summed E-state index contributed by atoms with van der Waals surface area (Å²) in [6.07, 6.45) is 4.44. The van der Waals surface area contributed by atoms with Crippen LogP contribution in [0.1, 0.15) is 36.2 Å². The van der Waals surface area contributed by atoms with E-state index in [4.69, 9.17) is 4.42 Å². The molecule has 0 spiro atoms. The largest absolute Gasteiger partial charge is 0.459 e. The molecule has 1 aromatic carbocycles. The van der Waals surface area contributed by atoms with Crippen molar-refractivity contribution in [1.82, 2.24) is 5.32 Å². The fourth-order valence-corrected chi connectivity index (χ4v) is 2.80. The summed E-state index contributed by atoms with van der Waals surface area (Å²) in [6.45, 7) is 0. The van der Waals surface area contributed by atoms with Gasteiger partial charge in [-0.1, -0.05) is 30.3 Å². The Morgan fingerprint density at radius 2 is 1.81 bits per heavy atom. The number of amides is 1. The molecule has 0 atom stereocenters. The molecular formula is C17H19NO3. The molecular weight excluding hydrogens is 266 g/mol. The van der Waals surface area contributed by atoms with Gasteiger partial charge in [0.1, 0.15) is 0 Å². The van der Waals surface area contributed by atoms with Crippen LogP contribution in [0.4, 0.5) is 0 Å². The molecule has 1 amide bonds. The first-order chi connectivity index (χ1) is 10.2. The van der Waals surface area contributed by atoms with Gasteiger partial charge in [0.15, 0.2) is 5.76 Å². The maximum atomic E-state index is 12.4. The number of nitrogens with one attached hydrogen (secondary N) is 1. The lowest BCUT2D eigenvalue weighted by molar-refractivity contribution is 0.0844. The van der Waals surface area contributed by atoms with Crippen LogP contribution in [0, 0.1) is 0 Å². The SMILES string of the molecule is O=C(NC1CCC(O)CC1)c1occc1-c1ccccc1. The summed E-state index contributed by atoms with van der Waals surface area (Å²) in [6, 6.07) is 11.7. The Balaban J connectivity index is 1.73. The third-order valence-corrected chi connectivity index (χ3v) is 3.99. The quantitative estimate of drug-likeness (QED) is 0.911. The zero-order chi connectivity index (χ0) is 14.7. The molecule has 0 aliphatic heterocycles. The van der Waals surface area contributed by atoms with Crippen LogP contribution in [0.15, 0.2) is 47.1 Å². The number of hydrogen-bond acceptors (Lipinski definition) is 3. The normalized spacial score (nSPS) is 22.0. The Kier molecular flexibility index (Phi) is 4.06. The van der Waals surface area contributed by atoms with E-state index in [0.29, 0.717) is 5.76 Å². The van der Waals surface area contributed by atoms with Gasteiger partial charge in [-0.05, 0) is 37.3 Å². The number of carbonyl (C=O) groups is 1. The maximum absolute atomic E-state index is 12.4. The first-order valence-electron chi connectivity index (χ1n) is 7.36. The highest BCUT2D eigenvalue weighted by atomic mass is 16.3. The van der Waals surface area contributed by atoms with Crippen molar-refractivity contribution in [2.75, 3.05) is 0 Å². The van der Waals surface area contributed by atoms with Crippen molar-refractivity contribution in [3.63, 3.8) is 0 Å². The molecule has 1 aliphatic rings. The number of benzene rings is 1. The highest BCUT2D eigenvalue weighted by molar-refractivity contribution is 5.98. The van der Waals surface area contributed by atoms with Gasteiger partial charge in [0.2, 0.25) is 0 Å². The summed E-state index contributed by atoms with van der Waals surface area (Å²) in [4.78, 5) is 12.4. The molecule has 2 N–H and O–H groups in total. The lowest BCUT2D eigenvalue weighted by atomic mass is 9.93. The van der Waals surface area contributed by atoms with Crippen molar-refractivity contribution in [1.29, 1.82) is 0 Å². The van der Waals surface area contributed by atoms with E-state index < -0.39 is 0 Å². The standard InChI is InChI=1S/C17H19NO3/c19-14-8-6-13(7-9-14)18-17(20)16-15(10-11-21-16)12-4-2-1-3-5-12/h1-5,10-11,13-14,19H,6-9H2,(H,18,20). The number of carbonyl (C=O) groups excluding carboxylic acids is 1. The predicted molar refractivity (Wildman–Crippen MR) is 79.9 cm³/mol. The lowest BCUT2D eigenvalue weighted by Crippen LogP contribution is -2.38. The average molecular weight is 285 g/mol. The molecule has 1 saturated carbocycles. The Labute approximate surface area is 123 Å². The van der Waals surface area contributed by atoms with Crippen LogP contribution < -0.4 is 5.32 Å². The number of aliphatic hydroxyl groups excluding tert-OH is 1. The highest BCUT2D eigenvalue weighted by Crippen LogP contribution is 2.25. The summed E-state index contributed by atoms with van der Waals surface area (Å²) in [5, 5.41) is 12.5. The minimum Gasteiger partial charge on any atom is -0.459 e. The molecule has 4 nitrogen and oxygen atoms in total. The third kappa shape index (κ3) is 3.16. The van der Waals surface area contributed by atoms with E-state index in [0.717, 1.165) is 36.8 Å². The van der Waals surface area contributed by atoms with Gasteiger partial charge in [0.25, 0.3) is 5.91 Å². The second-order valence-corrected chi connectivity index (χ2v) is 5.51. The molecule has 1 heterocycles. The molecule has 0 radical (unpaired) electrons. The van der Waals surface area contributed by atoms with Gasteiger partial charge >= 0.3 is 0 Å². The zero-order valence-corrected chi connectivity index (χ0v) is 11.8. The van der Waals surface area contributed by atoms with Crippen molar-refractivity contribution in [3.05, 3.63) is 48.4 Å². The second-order valence-electron chi connectivity index (χ2n) is 5.51. The Morgan fingerprint density at radius 1 is 1.10 bits per heavy atom. The smallest absolute Gasteiger partial charge is 0.287 e. The van der Waals surface area contributed by atoms with E-state index in [1.165, 1.54) is 0 Å². The molecule has 1 aliphatic carbocycles. The number of hydrogen-bond donors (Lipinski definition) is 2. The molecule has 0 bridgehead atoms. The van der Waals surface area contributed by atoms with Gasteiger partial charge in [-0.15, -0.1) is 0 Å². The van der Waals surface area contributed by atoms with E-state index in [1.807, 2.05) is 36.4 Å². The monoisotopic (exact) mass is 285 g/mol. The molecule has 110 valence electrons. The fraction of sp³-hybridized carbons (Fsp3) is 0.353. The first-order valence-corrected chi connectivity index (χ1v) is 7.36. The van der Waals surface area contributed by atoms with E-state index in [2.05, 4.69) is 5.32 Å². The van der Waals surface area contributed by atoms with Gasteiger partial charge in [-0.3, -0.25) is 4.79 Å². The number of furan rings is 1. The fourth-order valence-electron chi connectivity index (χ4n) is 2.80. The Hall–Kier alpha value is -2.07. The predicted octanol–water partition coefficient (Wildman–Crippen LogP) is 2.98. The highest BCUT2D eigenvalue weighted by Gasteiger charge is 2.24. The van der Waals surface area contributed by atoms with E-state index in [1.54, 1.807) is 6.26 Å². The molecule has 21 heavy (non-hydrogen) atoms. The van der Waals surface area contributed by atoms with E-state index >= 15 is 0 Å². The summed E-state index contributed by atoms with van der Waals surface area (Å²) >= 11 is 0. The topological polar surface area (TPSA) is 62.5 Å². The third-order valence-electron chi connectivity index (χ3n) is 3.99. The molecule has 0 saturated heterocycles. The van der Waals surface area contributed by atoms with Crippen molar-refractivity contribution in [2.24, 2.45) is 0 Å². The van der Waals surface area contributed by atoms with Crippen LogP contribution >= 0.6 is 0 Å². The average Bonchev–Trinajstić information content (AvgIpc) is 3.00. The van der Waals surface area contributed by atoms with Crippen LogP contribution in [-0.4, -0.2) is 23.2 Å². The van der Waals surface area contributed by atoms with E-state index in [-0.39, 0.29) is 18.1 Å². The summed E-state index contributed by atoms with van der Waals surface area (Å²) in [7, 11) is 0. The van der Waals surface area contributed by atoms with Gasteiger partial charge in [0, 0.05) is 11.6 Å². The van der Waals surface area contributed by atoms with Crippen LogP contribution in [-0.2, 0) is 0 Å². The van der Waals surface area contributed by atoms with Gasteiger partial charge in [-0.25, -0.2) is 0 Å². The second kappa shape index (κ2) is 6.14. The molecule has 4 heteroatoms. The summed E-state index contributed by atoms with van der Waals surface area (Å²) < 4.78 is 5.38. The molecule has 0 unspecified atom stereocenters. The summed E-state index contributed by atoms with van der Waals surface area (Å²) in [5.74, 6) is 0.174. The Morgan fingerprint density at radius 3 is 2.52 bits per heavy atom. The van der Waals surface area contributed by atoms with Crippen LogP contribution in [0.25, 0.3) is 11.1 Å². The zero-order valence-electron chi connectivity index (χ0n) is 11.8. The first kappa shape index (κ1) is 13.9. The minimum atomic E-state index is -0.221. The molecule has 1 aromatic heterocycles. The van der Waals surface area contributed by atoms with Crippen molar-refractivity contribution in [2.45, 2.75) is 37.8 Å². The van der Waals surface area contributed by atoms with Gasteiger partial charge < -0.3 is 14.8 Å². The van der Waals surface area contributed by atoms with Crippen LogP contribution in [0.3, 0.4) is 0 Å². The van der Waals surface area contributed by atoms with Gasteiger partial charge in [-0.2, -0.15) is 0 Å². The van der Waals surface area contributed by atoms with Crippen molar-refractivity contribution in [3.8, 4) is 11.1 Å². The van der Waals surface area contributed by atoms with Crippen LogP contribution in [0.5, 0.6) is 0 Å². The van der Waals surface area contributed by atoms with Crippen molar-refractivity contribution < 1.29 is 14.3 Å². The summed E-state index contributed by atoms with van der Waals surface area (Å²) in [5.41, 5.74) is 1.78. The molecule has 3 rings (SSSR count). The van der Waals surface area contributed by atoms with E-state index in [9.17, 15) is 9.90 Å². The maximum Gasteiger partial charge on any atom is 0.287 e. The minimum absolute atomic E-state index is 0.120. The van der Waals surface area contributed by atoms with Crippen molar-refractivity contribution >= 4 is 5.91 Å².